The predicted molar refractivity (Wildman–Crippen MR) is 61.7 cm³/mol. The average Bonchev–Trinajstić information content (AvgIpc) is 2.55. The summed E-state index contributed by atoms with van der Waals surface area (Å²) in [6.07, 6.45) is 0.969. The lowest BCUT2D eigenvalue weighted by molar-refractivity contribution is 0.252. The van der Waals surface area contributed by atoms with E-state index in [2.05, 4.69) is 40.8 Å². The molecule has 2 atom stereocenters. The van der Waals surface area contributed by atoms with Gasteiger partial charge in [0.25, 0.3) is 0 Å². The van der Waals surface area contributed by atoms with Crippen molar-refractivity contribution in [3.63, 3.8) is 0 Å². The van der Waals surface area contributed by atoms with Crippen LogP contribution in [0.25, 0.3) is 10.4 Å². The second-order valence-corrected chi connectivity index (χ2v) is 4.58. The number of likely N-dealkylation sites (tertiary alicyclic amines) is 1. The Balaban J connectivity index is 2.25. The lowest BCUT2D eigenvalue weighted by atomic mass is 10.1. The molecule has 86 valence electrons. The van der Waals surface area contributed by atoms with Gasteiger partial charge >= 0.3 is 0 Å². The molecule has 1 saturated heterocycles. The van der Waals surface area contributed by atoms with Crippen LogP contribution in [0, 0.1) is 5.92 Å². The lowest BCUT2D eigenvalue weighted by Crippen LogP contribution is -2.34. The van der Waals surface area contributed by atoms with E-state index in [9.17, 15) is 0 Å². The van der Waals surface area contributed by atoms with Crippen molar-refractivity contribution < 1.29 is 0 Å². The fraction of sp³-hybridized carbons (Fsp3) is 1.00. The number of likely N-dealkylation sites (N-methyl/N-ethyl adjacent to an activating group) is 1. The van der Waals surface area contributed by atoms with Gasteiger partial charge in [0.15, 0.2) is 0 Å². The molecule has 0 radical (unpaired) electrons. The summed E-state index contributed by atoms with van der Waals surface area (Å²) in [5, 5.41) is 3.55. The maximum Gasteiger partial charge on any atom is 0.0270 e. The monoisotopic (exact) mass is 211 g/mol. The van der Waals surface area contributed by atoms with Crippen LogP contribution in [0.3, 0.4) is 0 Å². The molecule has 0 aromatic rings. The van der Waals surface area contributed by atoms with Crippen molar-refractivity contribution in [1.82, 2.24) is 9.80 Å². The molecule has 2 unspecified atom stereocenters. The summed E-state index contributed by atoms with van der Waals surface area (Å²) in [6, 6.07) is 0.671. The molecule has 1 fully saturated rings. The highest BCUT2D eigenvalue weighted by molar-refractivity contribution is 4.86. The summed E-state index contributed by atoms with van der Waals surface area (Å²) in [4.78, 5) is 7.52. The molecule has 0 bridgehead atoms. The Hall–Kier alpha value is -0.770. The Labute approximate surface area is 91.7 Å². The molecule has 5 nitrogen and oxygen atoms in total. The number of nitrogens with zero attached hydrogens (tertiary/aromatic N) is 5. The Morgan fingerprint density at radius 3 is 2.73 bits per heavy atom. The lowest BCUT2D eigenvalue weighted by Gasteiger charge is -2.22. The van der Waals surface area contributed by atoms with E-state index in [1.165, 1.54) is 6.54 Å². The van der Waals surface area contributed by atoms with Crippen LogP contribution < -0.4 is 0 Å². The van der Waals surface area contributed by atoms with Gasteiger partial charge in [0.2, 0.25) is 0 Å². The maximum absolute atomic E-state index is 8.15. The van der Waals surface area contributed by atoms with Crippen LogP contribution >= 0.6 is 0 Å². The fourth-order valence-electron chi connectivity index (χ4n) is 2.31. The van der Waals surface area contributed by atoms with E-state index >= 15 is 0 Å². The van der Waals surface area contributed by atoms with E-state index in [-0.39, 0.29) is 0 Å². The van der Waals surface area contributed by atoms with Crippen LogP contribution in [0.1, 0.15) is 13.3 Å². The third-order valence-corrected chi connectivity index (χ3v) is 3.11. The molecule has 0 amide bonds. The number of hydrogen-bond acceptors (Lipinski definition) is 3. The highest BCUT2D eigenvalue weighted by Crippen LogP contribution is 2.19. The molecule has 0 aromatic carbocycles. The Bertz CT molecular complexity index is 234. The summed E-state index contributed by atoms with van der Waals surface area (Å²) in [7, 11) is 4.29. The molecule has 5 heteroatoms. The van der Waals surface area contributed by atoms with Crippen molar-refractivity contribution in [2.24, 2.45) is 11.0 Å². The molecule has 0 spiro atoms. The molecular weight excluding hydrogens is 190 g/mol. The normalized spacial score (nSPS) is 26.9. The van der Waals surface area contributed by atoms with Crippen LogP contribution in [0.15, 0.2) is 5.11 Å². The van der Waals surface area contributed by atoms with Crippen LogP contribution in [-0.4, -0.2) is 56.1 Å². The molecule has 0 aromatic heterocycles. The van der Waals surface area contributed by atoms with E-state index in [1.807, 2.05) is 0 Å². The predicted octanol–water partition coefficient (Wildman–Crippen LogP) is 1.57. The minimum absolute atomic E-state index is 0.619. The van der Waals surface area contributed by atoms with Crippen LogP contribution in [0.2, 0.25) is 0 Å². The van der Waals surface area contributed by atoms with Crippen LogP contribution in [0.5, 0.6) is 0 Å². The van der Waals surface area contributed by atoms with Crippen LogP contribution in [0.4, 0.5) is 0 Å². The van der Waals surface area contributed by atoms with E-state index < -0.39 is 0 Å². The maximum atomic E-state index is 8.15. The molecule has 1 aliphatic rings. The zero-order valence-electron chi connectivity index (χ0n) is 9.93. The SMILES string of the molecule is CC1CN(CCCN=[N+]=[N-])CC1N(C)C. The van der Waals surface area contributed by atoms with Gasteiger partial charge in [0.1, 0.15) is 0 Å². The van der Waals surface area contributed by atoms with Crippen molar-refractivity contribution >= 4 is 0 Å². The summed E-state index contributed by atoms with van der Waals surface area (Å²) in [5.74, 6) is 0.736. The van der Waals surface area contributed by atoms with Gasteiger partial charge in [0, 0.05) is 30.6 Å². The quantitative estimate of drug-likeness (QED) is 0.300. The summed E-state index contributed by atoms with van der Waals surface area (Å²) in [6.45, 7) is 6.28. The van der Waals surface area contributed by atoms with Gasteiger partial charge in [0.05, 0.1) is 0 Å². The molecule has 15 heavy (non-hydrogen) atoms. The van der Waals surface area contributed by atoms with E-state index in [4.69, 9.17) is 5.53 Å². The highest BCUT2D eigenvalue weighted by Gasteiger charge is 2.30. The van der Waals surface area contributed by atoms with Crippen molar-refractivity contribution in [3.8, 4) is 0 Å². The smallest absolute Gasteiger partial charge is 0.0270 e. The molecule has 0 N–H and O–H groups in total. The zero-order chi connectivity index (χ0) is 11.3. The standard InChI is InChI=1S/C10H21N5/c1-9-7-15(6-4-5-12-13-11)8-10(9)14(2)3/h9-10H,4-8H2,1-3H3. The van der Waals surface area contributed by atoms with E-state index in [0.29, 0.717) is 12.6 Å². The Morgan fingerprint density at radius 1 is 1.47 bits per heavy atom. The molecule has 1 aliphatic heterocycles. The molecule has 1 heterocycles. The summed E-state index contributed by atoms with van der Waals surface area (Å²) < 4.78 is 0. The first-order valence-electron chi connectivity index (χ1n) is 5.54. The van der Waals surface area contributed by atoms with Crippen molar-refractivity contribution in [3.05, 3.63) is 10.4 Å². The van der Waals surface area contributed by atoms with Crippen molar-refractivity contribution in [2.45, 2.75) is 19.4 Å². The minimum Gasteiger partial charge on any atom is -0.305 e. The average molecular weight is 211 g/mol. The highest BCUT2D eigenvalue weighted by atomic mass is 15.2. The summed E-state index contributed by atoms with van der Waals surface area (Å²) >= 11 is 0. The van der Waals surface area contributed by atoms with E-state index in [1.54, 1.807) is 0 Å². The molecule has 0 aliphatic carbocycles. The van der Waals surface area contributed by atoms with Gasteiger partial charge < -0.3 is 9.80 Å². The van der Waals surface area contributed by atoms with Gasteiger partial charge in [-0.05, 0) is 38.5 Å². The topological polar surface area (TPSA) is 55.2 Å². The van der Waals surface area contributed by atoms with Gasteiger partial charge in [-0.2, -0.15) is 0 Å². The summed E-state index contributed by atoms with van der Waals surface area (Å²) in [5.41, 5.74) is 8.15. The number of hydrogen-bond donors (Lipinski definition) is 0. The van der Waals surface area contributed by atoms with E-state index in [0.717, 1.165) is 25.4 Å². The molecule has 0 saturated carbocycles. The first-order chi connectivity index (χ1) is 7.15. The molecular formula is C10H21N5. The fourth-order valence-corrected chi connectivity index (χ4v) is 2.31. The number of rotatable bonds is 5. The first-order valence-corrected chi connectivity index (χ1v) is 5.54. The Kier molecular flexibility index (Phi) is 4.88. The minimum atomic E-state index is 0.619. The largest absolute Gasteiger partial charge is 0.305 e. The zero-order valence-corrected chi connectivity index (χ0v) is 9.93. The molecule has 1 rings (SSSR count). The van der Waals surface area contributed by atoms with Gasteiger partial charge in [-0.25, -0.2) is 0 Å². The second kappa shape index (κ2) is 5.95. The first kappa shape index (κ1) is 12.3. The van der Waals surface area contributed by atoms with Crippen molar-refractivity contribution in [2.75, 3.05) is 40.3 Å². The van der Waals surface area contributed by atoms with Crippen molar-refractivity contribution in [1.29, 1.82) is 0 Å². The third kappa shape index (κ3) is 3.70. The number of azide groups is 1. The third-order valence-electron chi connectivity index (χ3n) is 3.11. The second-order valence-electron chi connectivity index (χ2n) is 4.58. The van der Waals surface area contributed by atoms with Gasteiger partial charge in [-0.15, -0.1) is 0 Å². The Morgan fingerprint density at radius 2 is 2.20 bits per heavy atom. The van der Waals surface area contributed by atoms with Gasteiger partial charge in [-0.1, -0.05) is 12.0 Å². The van der Waals surface area contributed by atoms with Crippen LogP contribution in [-0.2, 0) is 0 Å². The van der Waals surface area contributed by atoms with Gasteiger partial charge in [-0.3, -0.25) is 0 Å².